The minimum absolute atomic E-state index is 0.214. The minimum Gasteiger partial charge on any atom is -0.352 e. The SMILES string of the molecule is CN(CC(=O)NC1CCCCC1)C1CCCNCC1. The highest BCUT2D eigenvalue weighted by Gasteiger charge is 2.20. The Labute approximate surface area is 117 Å². The van der Waals surface area contributed by atoms with Crippen molar-refractivity contribution in [3.05, 3.63) is 0 Å². The average Bonchev–Trinajstić information content (AvgIpc) is 2.68. The van der Waals surface area contributed by atoms with Gasteiger partial charge in [-0.1, -0.05) is 19.3 Å². The number of likely N-dealkylation sites (N-methyl/N-ethyl adjacent to an activating group) is 1. The summed E-state index contributed by atoms with van der Waals surface area (Å²) in [6, 6.07) is 0.998. The van der Waals surface area contributed by atoms with Crippen LogP contribution in [-0.4, -0.2) is 49.6 Å². The van der Waals surface area contributed by atoms with Gasteiger partial charge in [0.25, 0.3) is 0 Å². The van der Waals surface area contributed by atoms with Gasteiger partial charge in [-0.3, -0.25) is 9.69 Å². The summed E-state index contributed by atoms with van der Waals surface area (Å²) in [5.74, 6) is 0.214. The Kier molecular flexibility index (Phi) is 6.11. The fourth-order valence-electron chi connectivity index (χ4n) is 3.32. The van der Waals surface area contributed by atoms with Gasteiger partial charge in [-0.15, -0.1) is 0 Å². The highest BCUT2D eigenvalue weighted by atomic mass is 16.2. The first-order chi connectivity index (χ1) is 9.25. The van der Waals surface area contributed by atoms with Crippen LogP contribution < -0.4 is 10.6 Å². The molecular formula is C15H29N3O. The van der Waals surface area contributed by atoms with E-state index < -0.39 is 0 Å². The van der Waals surface area contributed by atoms with Crippen LogP contribution >= 0.6 is 0 Å². The molecule has 4 nitrogen and oxygen atoms in total. The minimum atomic E-state index is 0.214. The number of amides is 1. The van der Waals surface area contributed by atoms with Gasteiger partial charge in [-0.25, -0.2) is 0 Å². The number of rotatable bonds is 4. The molecule has 1 amide bonds. The van der Waals surface area contributed by atoms with Gasteiger partial charge in [0.15, 0.2) is 0 Å². The average molecular weight is 267 g/mol. The lowest BCUT2D eigenvalue weighted by atomic mass is 9.95. The summed E-state index contributed by atoms with van der Waals surface area (Å²) >= 11 is 0. The highest BCUT2D eigenvalue weighted by molar-refractivity contribution is 5.78. The first kappa shape index (κ1) is 14.8. The van der Waals surface area contributed by atoms with Crippen molar-refractivity contribution in [2.24, 2.45) is 0 Å². The largest absolute Gasteiger partial charge is 0.352 e. The van der Waals surface area contributed by atoms with Crippen molar-refractivity contribution >= 4 is 5.91 Å². The summed E-state index contributed by atoms with van der Waals surface area (Å²) in [5.41, 5.74) is 0. The van der Waals surface area contributed by atoms with Crippen LogP contribution in [0.25, 0.3) is 0 Å². The Bertz CT molecular complexity index is 269. The van der Waals surface area contributed by atoms with Crippen LogP contribution in [0.1, 0.15) is 51.4 Å². The molecule has 110 valence electrons. The first-order valence-electron chi connectivity index (χ1n) is 7.96. The second-order valence-electron chi connectivity index (χ2n) is 6.15. The van der Waals surface area contributed by atoms with E-state index in [4.69, 9.17) is 0 Å². The third-order valence-corrected chi connectivity index (χ3v) is 4.53. The van der Waals surface area contributed by atoms with Crippen molar-refractivity contribution in [1.82, 2.24) is 15.5 Å². The Hall–Kier alpha value is -0.610. The van der Waals surface area contributed by atoms with Crippen LogP contribution in [0.15, 0.2) is 0 Å². The van der Waals surface area contributed by atoms with Crippen LogP contribution in [0.5, 0.6) is 0 Å². The fraction of sp³-hybridized carbons (Fsp3) is 0.933. The van der Waals surface area contributed by atoms with Crippen molar-refractivity contribution in [3.63, 3.8) is 0 Å². The second-order valence-corrected chi connectivity index (χ2v) is 6.15. The Morgan fingerprint density at radius 2 is 1.89 bits per heavy atom. The maximum absolute atomic E-state index is 12.1. The predicted octanol–water partition coefficient (Wildman–Crippen LogP) is 1.51. The molecule has 1 unspecified atom stereocenters. The molecule has 0 bridgehead atoms. The normalized spacial score (nSPS) is 26.1. The third kappa shape index (κ3) is 5.11. The molecule has 2 aliphatic rings. The molecule has 19 heavy (non-hydrogen) atoms. The summed E-state index contributed by atoms with van der Waals surface area (Å²) in [6.45, 7) is 2.76. The Morgan fingerprint density at radius 3 is 2.68 bits per heavy atom. The summed E-state index contributed by atoms with van der Waals surface area (Å²) in [5, 5.41) is 6.63. The smallest absolute Gasteiger partial charge is 0.234 e. The van der Waals surface area contributed by atoms with Crippen LogP contribution in [0.2, 0.25) is 0 Å². The number of nitrogens with zero attached hydrogens (tertiary/aromatic N) is 1. The molecule has 0 radical (unpaired) electrons. The van der Waals surface area contributed by atoms with E-state index in [9.17, 15) is 4.79 Å². The number of hydrogen-bond donors (Lipinski definition) is 2. The molecule has 2 N–H and O–H groups in total. The Balaban J connectivity index is 1.70. The number of carbonyl (C=O) groups excluding carboxylic acids is 1. The van der Waals surface area contributed by atoms with E-state index in [0.29, 0.717) is 18.6 Å². The number of carbonyl (C=O) groups is 1. The van der Waals surface area contributed by atoms with Crippen molar-refractivity contribution in [2.75, 3.05) is 26.7 Å². The van der Waals surface area contributed by atoms with Crippen molar-refractivity contribution in [3.8, 4) is 0 Å². The van der Waals surface area contributed by atoms with Gasteiger partial charge in [-0.2, -0.15) is 0 Å². The number of hydrogen-bond acceptors (Lipinski definition) is 3. The van der Waals surface area contributed by atoms with Gasteiger partial charge in [0.1, 0.15) is 0 Å². The zero-order chi connectivity index (χ0) is 13.5. The zero-order valence-electron chi connectivity index (χ0n) is 12.3. The molecule has 1 saturated heterocycles. The Morgan fingerprint density at radius 1 is 1.11 bits per heavy atom. The van der Waals surface area contributed by atoms with Crippen molar-refractivity contribution < 1.29 is 4.79 Å². The maximum atomic E-state index is 12.1. The number of nitrogens with one attached hydrogen (secondary N) is 2. The molecule has 0 spiro atoms. The van der Waals surface area contributed by atoms with E-state index in [2.05, 4.69) is 22.6 Å². The van der Waals surface area contributed by atoms with Gasteiger partial charge < -0.3 is 10.6 Å². The molecule has 1 atom stereocenters. The predicted molar refractivity (Wildman–Crippen MR) is 78.2 cm³/mol. The van der Waals surface area contributed by atoms with Crippen molar-refractivity contribution in [1.29, 1.82) is 0 Å². The quantitative estimate of drug-likeness (QED) is 0.811. The molecule has 0 aromatic rings. The lowest BCUT2D eigenvalue weighted by Crippen LogP contribution is -2.44. The maximum Gasteiger partial charge on any atom is 0.234 e. The van der Waals surface area contributed by atoms with Crippen LogP contribution in [0.4, 0.5) is 0 Å². The van der Waals surface area contributed by atoms with E-state index in [1.165, 1.54) is 44.9 Å². The summed E-state index contributed by atoms with van der Waals surface area (Å²) in [6.07, 6.45) is 9.81. The lowest BCUT2D eigenvalue weighted by Gasteiger charge is -2.28. The van der Waals surface area contributed by atoms with Gasteiger partial charge in [-0.05, 0) is 52.2 Å². The highest BCUT2D eigenvalue weighted by Crippen LogP contribution is 2.17. The molecule has 1 saturated carbocycles. The van der Waals surface area contributed by atoms with E-state index >= 15 is 0 Å². The molecule has 1 aliphatic heterocycles. The fourth-order valence-corrected chi connectivity index (χ4v) is 3.32. The van der Waals surface area contributed by atoms with Gasteiger partial charge in [0.05, 0.1) is 6.54 Å². The molecule has 1 heterocycles. The summed E-state index contributed by atoms with van der Waals surface area (Å²) < 4.78 is 0. The lowest BCUT2D eigenvalue weighted by molar-refractivity contribution is -0.123. The van der Waals surface area contributed by atoms with Crippen LogP contribution in [0, 0.1) is 0 Å². The second kappa shape index (κ2) is 7.85. The van der Waals surface area contributed by atoms with Gasteiger partial charge >= 0.3 is 0 Å². The van der Waals surface area contributed by atoms with E-state index in [-0.39, 0.29) is 5.91 Å². The molecule has 4 heteroatoms. The molecule has 0 aromatic carbocycles. The zero-order valence-corrected chi connectivity index (χ0v) is 12.3. The molecular weight excluding hydrogens is 238 g/mol. The molecule has 1 aliphatic carbocycles. The van der Waals surface area contributed by atoms with Crippen molar-refractivity contribution in [2.45, 2.75) is 63.5 Å². The van der Waals surface area contributed by atoms with Crippen LogP contribution in [-0.2, 0) is 4.79 Å². The topological polar surface area (TPSA) is 44.4 Å². The monoisotopic (exact) mass is 267 g/mol. The summed E-state index contributed by atoms with van der Waals surface area (Å²) in [7, 11) is 2.09. The van der Waals surface area contributed by atoms with E-state index in [0.717, 1.165) is 19.5 Å². The summed E-state index contributed by atoms with van der Waals surface area (Å²) in [4.78, 5) is 14.3. The molecule has 0 aromatic heterocycles. The van der Waals surface area contributed by atoms with Gasteiger partial charge in [0, 0.05) is 12.1 Å². The third-order valence-electron chi connectivity index (χ3n) is 4.53. The van der Waals surface area contributed by atoms with Gasteiger partial charge in [0.2, 0.25) is 5.91 Å². The molecule has 2 rings (SSSR count). The standard InChI is InChI=1S/C15H29N3O/c1-18(14-8-5-10-16-11-9-14)12-15(19)17-13-6-3-2-4-7-13/h13-14,16H,2-12H2,1H3,(H,17,19). The van der Waals surface area contributed by atoms with E-state index in [1.54, 1.807) is 0 Å². The first-order valence-corrected chi connectivity index (χ1v) is 7.96. The van der Waals surface area contributed by atoms with E-state index in [1.807, 2.05) is 0 Å². The van der Waals surface area contributed by atoms with Crippen LogP contribution in [0.3, 0.4) is 0 Å². The molecule has 2 fully saturated rings.